The maximum atomic E-state index is 13.3. The topological polar surface area (TPSA) is 28.2 Å². The van der Waals surface area contributed by atoms with Crippen molar-refractivity contribution in [3.63, 3.8) is 0 Å². The number of nitrogens with zero attached hydrogens (tertiary/aromatic N) is 2. The second kappa shape index (κ2) is 7.45. The van der Waals surface area contributed by atoms with Crippen molar-refractivity contribution in [3.8, 4) is 0 Å². The van der Waals surface area contributed by atoms with Gasteiger partial charge in [-0.1, -0.05) is 18.2 Å². The first-order chi connectivity index (χ1) is 12.2. The Labute approximate surface area is 156 Å². The molecule has 1 aromatic carbocycles. The van der Waals surface area contributed by atoms with Crippen LogP contribution in [-0.2, 0) is 13.1 Å². The normalized spacial score (nSPS) is 19.6. The van der Waals surface area contributed by atoms with Gasteiger partial charge in [0, 0.05) is 36.4 Å². The maximum Gasteiger partial charge on any atom is 0.123 e. The molecule has 0 amide bonds. The van der Waals surface area contributed by atoms with E-state index in [2.05, 4.69) is 49.0 Å². The zero-order valence-corrected chi connectivity index (χ0v) is 16.3. The van der Waals surface area contributed by atoms with Crippen LogP contribution in [0.1, 0.15) is 51.8 Å². The summed E-state index contributed by atoms with van der Waals surface area (Å²) in [5.41, 5.74) is 2.37. The summed E-state index contributed by atoms with van der Waals surface area (Å²) in [7, 11) is 0. The van der Waals surface area contributed by atoms with Gasteiger partial charge >= 0.3 is 0 Å². The first kappa shape index (κ1) is 19.0. The summed E-state index contributed by atoms with van der Waals surface area (Å²) < 4.78 is 13.3. The van der Waals surface area contributed by atoms with Gasteiger partial charge in [-0.3, -0.25) is 9.88 Å². The summed E-state index contributed by atoms with van der Waals surface area (Å²) in [6, 6.07) is 13.4. The number of pyridine rings is 1. The Morgan fingerprint density at radius 2 is 1.65 bits per heavy atom. The lowest BCUT2D eigenvalue weighted by molar-refractivity contribution is 0.0556. The third-order valence-electron chi connectivity index (χ3n) is 5.08. The number of hydrogen-bond donors (Lipinski definition) is 1. The highest BCUT2D eigenvalue weighted by molar-refractivity contribution is 5.17. The largest absolute Gasteiger partial charge is 0.307 e. The molecule has 2 aromatic rings. The van der Waals surface area contributed by atoms with E-state index in [9.17, 15) is 4.39 Å². The Kier molecular flexibility index (Phi) is 5.44. The molecule has 1 aromatic heterocycles. The molecular formula is C22H30FN3. The first-order valence-electron chi connectivity index (χ1n) is 9.40. The van der Waals surface area contributed by atoms with E-state index in [1.807, 2.05) is 30.5 Å². The molecule has 0 atom stereocenters. The van der Waals surface area contributed by atoms with Gasteiger partial charge in [-0.25, -0.2) is 4.39 Å². The minimum atomic E-state index is -0.186. The maximum absolute atomic E-state index is 13.3. The standard InChI is InChI=1S/C22H30FN3/c1-21(2)13-20(14-22(3,4)25-21)26(16-19-7-5-6-12-24-19)15-17-8-10-18(23)11-9-17/h5-12,20,25H,13-16H2,1-4H3. The Morgan fingerprint density at radius 3 is 2.23 bits per heavy atom. The number of piperidine rings is 1. The van der Waals surface area contributed by atoms with Crippen LogP contribution in [0.3, 0.4) is 0 Å². The molecule has 0 spiro atoms. The van der Waals surface area contributed by atoms with Crippen molar-refractivity contribution < 1.29 is 4.39 Å². The van der Waals surface area contributed by atoms with E-state index in [0.29, 0.717) is 6.04 Å². The number of halogens is 1. The molecule has 3 nitrogen and oxygen atoms in total. The molecule has 0 bridgehead atoms. The molecule has 1 fully saturated rings. The molecule has 4 heteroatoms. The average Bonchev–Trinajstić information content (AvgIpc) is 2.54. The summed E-state index contributed by atoms with van der Waals surface area (Å²) in [4.78, 5) is 7.02. The lowest BCUT2D eigenvalue weighted by Gasteiger charge is -2.49. The second-order valence-electron chi connectivity index (χ2n) is 8.81. The lowest BCUT2D eigenvalue weighted by Crippen LogP contribution is -2.62. The highest BCUT2D eigenvalue weighted by Gasteiger charge is 2.39. The summed E-state index contributed by atoms with van der Waals surface area (Å²) in [6.07, 6.45) is 4.00. The van der Waals surface area contributed by atoms with Gasteiger partial charge in [-0.2, -0.15) is 0 Å². The van der Waals surface area contributed by atoms with Gasteiger partial charge in [0.2, 0.25) is 0 Å². The Balaban J connectivity index is 1.85. The summed E-state index contributed by atoms with van der Waals surface area (Å²) in [6.45, 7) is 10.7. The van der Waals surface area contributed by atoms with Gasteiger partial charge < -0.3 is 5.32 Å². The highest BCUT2D eigenvalue weighted by Crippen LogP contribution is 2.33. The Morgan fingerprint density at radius 1 is 1.00 bits per heavy atom. The Bertz CT molecular complexity index is 694. The van der Waals surface area contributed by atoms with E-state index >= 15 is 0 Å². The van der Waals surface area contributed by atoms with Crippen LogP contribution in [0.5, 0.6) is 0 Å². The van der Waals surface area contributed by atoms with Crippen LogP contribution >= 0.6 is 0 Å². The molecule has 2 heterocycles. The number of aromatic nitrogens is 1. The summed E-state index contributed by atoms with van der Waals surface area (Å²) in [5.74, 6) is -0.186. The average molecular weight is 356 g/mol. The number of benzene rings is 1. The SMILES string of the molecule is CC1(C)CC(N(Cc2ccc(F)cc2)Cc2ccccn2)CC(C)(C)N1. The fourth-order valence-corrected chi connectivity index (χ4v) is 4.36. The monoisotopic (exact) mass is 355 g/mol. The van der Waals surface area contributed by atoms with Crippen molar-refractivity contribution >= 4 is 0 Å². The van der Waals surface area contributed by atoms with Gasteiger partial charge in [0.05, 0.1) is 5.69 Å². The molecule has 1 aliphatic rings. The van der Waals surface area contributed by atoms with E-state index in [0.717, 1.165) is 37.2 Å². The minimum absolute atomic E-state index is 0.0809. The highest BCUT2D eigenvalue weighted by atomic mass is 19.1. The molecular weight excluding hydrogens is 325 g/mol. The van der Waals surface area contributed by atoms with Crippen LogP contribution in [0.2, 0.25) is 0 Å². The number of nitrogens with one attached hydrogen (secondary N) is 1. The van der Waals surface area contributed by atoms with Gasteiger partial charge in [0.1, 0.15) is 5.82 Å². The van der Waals surface area contributed by atoms with E-state index in [-0.39, 0.29) is 16.9 Å². The van der Waals surface area contributed by atoms with Crippen LogP contribution in [0, 0.1) is 5.82 Å². The molecule has 3 rings (SSSR count). The third-order valence-corrected chi connectivity index (χ3v) is 5.08. The van der Waals surface area contributed by atoms with Gasteiger partial charge in [-0.05, 0) is 70.4 Å². The zero-order chi connectivity index (χ0) is 18.8. The van der Waals surface area contributed by atoms with E-state index < -0.39 is 0 Å². The van der Waals surface area contributed by atoms with Gasteiger partial charge in [0.15, 0.2) is 0 Å². The minimum Gasteiger partial charge on any atom is -0.307 e. The molecule has 26 heavy (non-hydrogen) atoms. The van der Waals surface area contributed by atoms with Crippen molar-refractivity contribution in [1.29, 1.82) is 0 Å². The van der Waals surface area contributed by atoms with Gasteiger partial charge in [-0.15, -0.1) is 0 Å². The van der Waals surface area contributed by atoms with E-state index in [1.54, 1.807) is 12.1 Å². The quantitative estimate of drug-likeness (QED) is 0.854. The lowest BCUT2D eigenvalue weighted by atomic mass is 9.79. The fourth-order valence-electron chi connectivity index (χ4n) is 4.36. The van der Waals surface area contributed by atoms with Crippen LogP contribution < -0.4 is 5.32 Å². The van der Waals surface area contributed by atoms with E-state index in [1.165, 1.54) is 0 Å². The van der Waals surface area contributed by atoms with E-state index in [4.69, 9.17) is 0 Å². The first-order valence-corrected chi connectivity index (χ1v) is 9.40. The predicted octanol–water partition coefficient (Wildman–Crippen LogP) is 4.53. The van der Waals surface area contributed by atoms with Crippen molar-refractivity contribution in [1.82, 2.24) is 15.2 Å². The fraction of sp³-hybridized carbons (Fsp3) is 0.500. The van der Waals surface area contributed by atoms with Crippen LogP contribution in [0.15, 0.2) is 48.7 Å². The number of hydrogen-bond acceptors (Lipinski definition) is 3. The van der Waals surface area contributed by atoms with Crippen molar-refractivity contribution in [2.45, 2.75) is 70.7 Å². The van der Waals surface area contributed by atoms with Crippen LogP contribution in [0.25, 0.3) is 0 Å². The van der Waals surface area contributed by atoms with Crippen molar-refractivity contribution in [3.05, 3.63) is 65.7 Å². The smallest absolute Gasteiger partial charge is 0.123 e. The van der Waals surface area contributed by atoms with Crippen molar-refractivity contribution in [2.75, 3.05) is 0 Å². The third kappa shape index (κ3) is 5.12. The van der Waals surface area contributed by atoms with Crippen molar-refractivity contribution in [2.24, 2.45) is 0 Å². The molecule has 1 N–H and O–H groups in total. The molecule has 1 aliphatic heterocycles. The molecule has 0 unspecified atom stereocenters. The molecule has 1 saturated heterocycles. The van der Waals surface area contributed by atoms with Gasteiger partial charge in [0.25, 0.3) is 0 Å². The summed E-state index contributed by atoms with van der Waals surface area (Å²) >= 11 is 0. The molecule has 140 valence electrons. The molecule has 0 radical (unpaired) electrons. The predicted molar refractivity (Wildman–Crippen MR) is 104 cm³/mol. The second-order valence-corrected chi connectivity index (χ2v) is 8.81. The van der Waals surface area contributed by atoms with Crippen LogP contribution in [0.4, 0.5) is 4.39 Å². The zero-order valence-electron chi connectivity index (χ0n) is 16.3. The molecule has 0 saturated carbocycles. The van der Waals surface area contributed by atoms with Crippen LogP contribution in [-0.4, -0.2) is 27.0 Å². The summed E-state index contributed by atoms with van der Waals surface area (Å²) in [5, 5.41) is 3.76. The molecule has 0 aliphatic carbocycles. The Hall–Kier alpha value is -1.78. The number of rotatable bonds is 5.